The highest BCUT2D eigenvalue weighted by atomic mass is 16.5. The van der Waals surface area contributed by atoms with Gasteiger partial charge in [0.05, 0.1) is 20.1 Å². The van der Waals surface area contributed by atoms with E-state index in [1.165, 1.54) is 18.1 Å². The van der Waals surface area contributed by atoms with Gasteiger partial charge >= 0.3 is 5.97 Å². The molecular weight excluding hydrogens is 604 g/mol. The number of hydrogen-bond donors (Lipinski definition) is 2. The lowest BCUT2D eigenvalue weighted by molar-refractivity contribution is -0.141. The number of nitrogens with zero attached hydrogens (tertiary/aromatic N) is 2. The number of esters is 1. The molecule has 2 amide bonds. The fourth-order valence-electron chi connectivity index (χ4n) is 5.65. The Morgan fingerprint density at radius 1 is 0.854 bits per heavy atom. The predicted octanol–water partition coefficient (Wildman–Crippen LogP) is 6.19. The minimum atomic E-state index is -0.316. The van der Waals surface area contributed by atoms with Gasteiger partial charge in [0.1, 0.15) is 12.4 Å². The normalized spacial score (nSPS) is 10.9. The lowest BCUT2D eigenvalue weighted by Crippen LogP contribution is -2.36. The molecule has 248 valence electrons. The van der Waals surface area contributed by atoms with E-state index in [1.54, 1.807) is 6.20 Å². The number of carbonyl (C=O) groups excluding carboxylic acids is 3. The summed E-state index contributed by atoms with van der Waals surface area (Å²) in [5, 5.41) is 4.10. The molecule has 0 aliphatic heterocycles. The molecule has 0 spiro atoms. The van der Waals surface area contributed by atoms with Gasteiger partial charge in [-0.3, -0.25) is 19.4 Å². The summed E-state index contributed by atoms with van der Waals surface area (Å²) in [5.41, 5.74) is 7.05. The van der Waals surface area contributed by atoms with Gasteiger partial charge in [-0.05, 0) is 60.7 Å². The van der Waals surface area contributed by atoms with Crippen LogP contribution in [0.1, 0.15) is 41.8 Å². The van der Waals surface area contributed by atoms with Crippen LogP contribution in [-0.4, -0.2) is 59.5 Å². The van der Waals surface area contributed by atoms with Gasteiger partial charge in [-0.15, -0.1) is 0 Å². The van der Waals surface area contributed by atoms with Crippen molar-refractivity contribution < 1.29 is 23.9 Å². The number of aromatic nitrogens is 2. The number of amides is 2. The second-order valence-corrected chi connectivity index (χ2v) is 11.7. The Labute approximate surface area is 281 Å². The molecule has 2 N–H and O–H groups in total. The van der Waals surface area contributed by atoms with Crippen LogP contribution in [0.15, 0.2) is 97.2 Å². The third-order valence-electron chi connectivity index (χ3n) is 8.33. The molecule has 0 unspecified atom stereocenters. The first kappa shape index (κ1) is 33.9. The van der Waals surface area contributed by atoms with Crippen molar-refractivity contribution in [3.05, 3.63) is 120 Å². The van der Waals surface area contributed by atoms with Crippen LogP contribution < -0.4 is 10.1 Å². The van der Waals surface area contributed by atoms with Crippen molar-refractivity contribution in [3.8, 4) is 16.9 Å². The second kappa shape index (κ2) is 16.9. The average Bonchev–Trinajstić information content (AvgIpc) is 3.44. The Hall–Kier alpha value is -5.44. The molecule has 5 rings (SSSR count). The summed E-state index contributed by atoms with van der Waals surface area (Å²) in [6.45, 7) is 3.84. The van der Waals surface area contributed by atoms with Crippen LogP contribution in [0, 0.1) is 6.92 Å². The minimum absolute atomic E-state index is 0.0139. The van der Waals surface area contributed by atoms with E-state index >= 15 is 0 Å². The summed E-state index contributed by atoms with van der Waals surface area (Å²) in [6.07, 6.45) is 3.61. The molecule has 0 fully saturated rings. The average molecular weight is 647 g/mol. The van der Waals surface area contributed by atoms with E-state index in [-0.39, 0.29) is 37.0 Å². The van der Waals surface area contributed by atoms with E-state index in [1.807, 2.05) is 83.8 Å². The summed E-state index contributed by atoms with van der Waals surface area (Å²) >= 11 is 0. The minimum Gasteiger partial charge on any atom is -0.492 e. The molecule has 0 saturated heterocycles. The number of hydrogen-bond acceptors (Lipinski definition) is 6. The van der Waals surface area contributed by atoms with Gasteiger partial charge < -0.3 is 24.7 Å². The molecular formula is C39H42N4O5. The fraction of sp³-hybridized carbons (Fsp3) is 0.282. The van der Waals surface area contributed by atoms with E-state index in [2.05, 4.69) is 34.3 Å². The first-order valence-corrected chi connectivity index (χ1v) is 16.3. The Morgan fingerprint density at radius 3 is 2.35 bits per heavy atom. The number of para-hydroxylation sites is 1. The predicted molar refractivity (Wildman–Crippen MR) is 186 cm³/mol. The standard InChI is InChI=1S/C39H42N4O5/c1-28-34(35-11-6-7-12-36(35)42-28)21-22-43(38(45)13-8-14-39(46)47-2)23-24-48-33-19-16-30(17-20-33)31-15-18-32(40-27-31)25-37(44)41-26-29-9-4-3-5-10-29/h3-7,9-12,15-20,27,42H,8,13-14,21-26H2,1-2H3,(H,41,44). The van der Waals surface area contributed by atoms with E-state index in [4.69, 9.17) is 9.47 Å². The van der Waals surface area contributed by atoms with Crippen LogP contribution in [0.4, 0.5) is 0 Å². The largest absolute Gasteiger partial charge is 0.492 e. The second-order valence-electron chi connectivity index (χ2n) is 11.7. The highest BCUT2D eigenvalue weighted by Gasteiger charge is 2.17. The number of methoxy groups -OCH3 is 1. The third-order valence-corrected chi connectivity index (χ3v) is 8.33. The molecule has 0 aliphatic rings. The molecule has 3 aromatic carbocycles. The number of fused-ring (bicyclic) bond motifs is 1. The van der Waals surface area contributed by atoms with Crippen LogP contribution in [0.2, 0.25) is 0 Å². The van der Waals surface area contributed by atoms with Crippen LogP contribution >= 0.6 is 0 Å². The molecule has 0 radical (unpaired) electrons. The summed E-state index contributed by atoms with van der Waals surface area (Å²) in [7, 11) is 1.35. The van der Waals surface area contributed by atoms with Gasteiger partial charge in [0, 0.05) is 60.0 Å². The van der Waals surface area contributed by atoms with Gasteiger partial charge in [0.25, 0.3) is 0 Å². The van der Waals surface area contributed by atoms with Crippen molar-refractivity contribution in [1.82, 2.24) is 20.2 Å². The van der Waals surface area contributed by atoms with Crippen molar-refractivity contribution >= 4 is 28.7 Å². The smallest absolute Gasteiger partial charge is 0.305 e. The maximum atomic E-state index is 13.2. The number of H-pyrrole nitrogens is 1. The van der Waals surface area contributed by atoms with E-state index in [9.17, 15) is 14.4 Å². The zero-order chi connectivity index (χ0) is 33.7. The van der Waals surface area contributed by atoms with Crippen LogP contribution in [0.3, 0.4) is 0 Å². The highest BCUT2D eigenvalue weighted by molar-refractivity contribution is 5.84. The van der Waals surface area contributed by atoms with Crippen LogP contribution in [0.25, 0.3) is 22.0 Å². The number of aryl methyl sites for hydroxylation is 1. The Balaban J connectivity index is 1.13. The molecule has 0 aliphatic carbocycles. The van der Waals surface area contributed by atoms with Gasteiger partial charge in [0.2, 0.25) is 11.8 Å². The molecule has 0 bridgehead atoms. The summed E-state index contributed by atoms with van der Waals surface area (Å²) in [6, 6.07) is 29.6. The molecule has 0 atom stereocenters. The number of ether oxygens (including phenoxy) is 2. The number of carbonyl (C=O) groups is 3. The number of aromatic amines is 1. The molecule has 5 aromatic rings. The van der Waals surface area contributed by atoms with Crippen LogP contribution in [0.5, 0.6) is 5.75 Å². The van der Waals surface area contributed by atoms with Gasteiger partial charge in [0.15, 0.2) is 0 Å². The van der Waals surface area contributed by atoms with Crippen molar-refractivity contribution in [2.24, 2.45) is 0 Å². The van der Waals surface area contributed by atoms with Crippen molar-refractivity contribution in [1.29, 1.82) is 0 Å². The quantitative estimate of drug-likeness (QED) is 0.124. The topological polar surface area (TPSA) is 114 Å². The van der Waals surface area contributed by atoms with Crippen molar-refractivity contribution in [2.45, 2.75) is 45.6 Å². The van der Waals surface area contributed by atoms with Gasteiger partial charge in [-0.25, -0.2) is 0 Å². The van der Waals surface area contributed by atoms with E-state index in [0.29, 0.717) is 50.5 Å². The molecule has 48 heavy (non-hydrogen) atoms. The van der Waals surface area contributed by atoms with E-state index < -0.39 is 0 Å². The van der Waals surface area contributed by atoms with Crippen molar-refractivity contribution in [2.75, 3.05) is 26.8 Å². The monoisotopic (exact) mass is 646 g/mol. The third kappa shape index (κ3) is 9.54. The Kier molecular flexibility index (Phi) is 12.0. The molecule has 9 nitrogen and oxygen atoms in total. The fourth-order valence-corrected chi connectivity index (χ4v) is 5.65. The van der Waals surface area contributed by atoms with E-state index in [0.717, 1.165) is 27.9 Å². The first-order valence-electron chi connectivity index (χ1n) is 16.3. The molecule has 2 aromatic heterocycles. The summed E-state index contributed by atoms with van der Waals surface area (Å²) in [4.78, 5) is 46.9. The number of nitrogens with one attached hydrogen (secondary N) is 2. The first-order chi connectivity index (χ1) is 23.4. The zero-order valence-electron chi connectivity index (χ0n) is 27.5. The zero-order valence-corrected chi connectivity index (χ0v) is 27.5. The maximum Gasteiger partial charge on any atom is 0.305 e. The molecule has 9 heteroatoms. The number of benzene rings is 3. The summed E-state index contributed by atoms with van der Waals surface area (Å²) < 4.78 is 10.8. The van der Waals surface area contributed by atoms with Gasteiger partial charge in [-0.1, -0.05) is 66.7 Å². The summed E-state index contributed by atoms with van der Waals surface area (Å²) in [5.74, 6) is 0.295. The molecule has 0 saturated carbocycles. The Bertz CT molecular complexity index is 1800. The van der Waals surface area contributed by atoms with Crippen LogP contribution in [-0.2, 0) is 38.5 Å². The maximum absolute atomic E-state index is 13.2. The Morgan fingerprint density at radius 2 is 1.60 bits per heavy atom. The van der Waals surface area contributed by atoms with Crippen molar-refractivity contribution in [3.63, 3.8) is 0 Å². The SMILES string of the molecule is COC(=O)CCCC(=O)N(CCOc1ccc(-c2ccc(CC(=O)NCc3ccccc3)nc2)cc1)CCc1c(C)[nH]c2ccccc12. The lowest BCUT2D eigenvalue weighted by atomic mass is 10.1. The number of pyridine rings is 1. The number of rotatable bonds is 16. The highest BCUT2D eigenvalue weighted by Crippen LogP contribution is 2.24. The molecule has 2 heterocycles. The lowest BCUT2D eigenvalue weighted by Gasteiger charge is -2.23. The van der Waals surface area contributed by atoms with Gasteiger partial charge in [-0.2, -0.15) is 0 Å².